The van der Waals surface area contributed by atoms with E-state index in [-0.39, 0.29) is 10.8 Å². The van der Waals surface area contributed by atoms with Crippen molar-refractivity contribution in [3.05, 3.63) is 253 Å². The third-order valence-electron chi connectivity index (χ3n) is 17.7. The van der Waals surface area contributed by atoms with E-state index in [9.17, 15) is 0 Å². The fraction of sp³-hybridized carbons (Fsp3) is 0.0811. The maximum atomic E-state index is 5.25. The molecule has 0 amide bonds. The molecule has 0 saturated carbocycles. The molecule has 0 radical (unpaired) electrons. The fourth-order valence-electron chi connectivity index (χ4n) is 14.2. The van der Waals surface area contributed by atoms with Crippen LogP contribution in [-0.2, 0) is 10.8 Å². The van der Waals surface area contributed by atoms with Crippen LogP contribution in [0.5, 0.6) is 0 Å². The van der Waals surface area contributed by atoms with Crippen LogP contribution < -0.4 is 0 Å². The van der Waals surface area contributed by atoms with Crippen LogP contribution in [0.25, 0.3) is 142 Å². The number of para-hydroxylation sites is 2. The van der Waals surface area contributed by atoms with E-state index in [1.165, 1.54) is 132 Å². The van der Waals surface area contributed by atoms with Crippen LogP contribution in [0.2, 0.25) is 0 Å². The molecule has 2 aliphatic rings. The summed E-state index contributed by atoms with van der Waals surface area (Å²) in [6.45, 7) is 9.51. The van der Waals surface area contributed by atoms with Crippen molar-refractivity contribution in [2.24, 2.45) is 0 Å². The highest BCUT2D eigenvalue weighted by Crippen LogP contribution is 2.55. The van der Waals surface area contributed by atoms with Crippen LogP contribution in [0, 0.1) is 0 Å². The summed E-state index contributed by atoms with van der Waals surface area (Å²) in [6, 6.07) is 81.7. The summed E-state index contributed by atoms with van der Waals surface area (Å²) in [7, 11) is 0. The molecule has 0 N–H and O–H groups in total. The molecule has 2 nitrogen and oxygen atoms in total. The average Bonchev–Trinajstić information content (AvgIpc) is 3.99. The van der Waals surface area contributed by atoms with Gasteiger partial charge in [-0.2, -0.15) is 0 Å². The van der Waals surface area contributed by atoms with E-state index < -0.39 is 0 Å². The lowest BCUT2D eigenvalue weighted by Gasteiger charge is -2.24. The second-order valence-electron chi connectivity index (χ2n) is 22.3. The highest BCUT2D eigenvalue weighted by molar-refractivity contribution is 6.31. The summed E-state index contributed by atoms with van der Waals surface area (Å²) in [5.74, 6) is 0. The van der Waals surface area contributed by atoms with Gasteiger partial charge in [-0.25, -0.2) is 0 Å². The van der Waals surface area contributed by atoms with Crippen molar-refractivity contribution in [1.82, 2.24) is 9.97 Å². The molecular weight excluding hydrogens is 917 g/mol. The molecule has 0 spiro atoms. The van der Waals surface area contributed by atoms with Gasteiger partial charge in [-0.1, -0.05) is 222 Å². The zero-order valence-electron chi connectivity index (χ0n) is 42.8. The highest BCUT2D eigenvalue weighted by Gasteiger charge is 2.37. The molecule has 14 aromatic rings. The lowest BCUT2D eigenvalue weighted by Crippen LogP contribution is -2.14. The quantitative estimate of drug-likeness (QED) is 0.130. The monoisotopic (exact) mass is 966 g/mol. The normalized spacial score (nSPS) is 14.0. The Bertz CT molecular complexity index is 4570. The number of fused-ring (bicyclic) bond motifs is 15. The maximum Gasteiger partial charge on any atom is 0.0708 e. The molecule has 0 bridgehead atoms. The van der Waals surface area contributed by atoms with Gasteiger partial charge in [0.05, 0.1) is 11.0 Å². The largest absolute Gasteiger partial charge is 0.256 e. The van der Waals surface area contributed by atoms with Crippen LogP contribution in [0.4, 0.5) is 0 Å². The average molecular weight is 967 g/mol. The highest BCUT2D eigenvalue weighted by atomic mass is 14.7. The molecule has 12 aromatic carbocycles. The first-order chi connectivity index (χ1) is 37.3. The zero-order chi connectivity index (χ0) is 50.6. The Morgan fingerprint density at radius 1 is 0.250 bits per heavy atom. The molecule has 2 heteroatoms. The van der Waals surface area contributed by atoms with E-state index in [0.717, 1.165) is 32.6 Å². The third-order valence-corrected chi connectivity index (χ3v) is 17.7. The van der Waals surface area contributed by atoms with Crippen molar-refractivity contribution in [3.8, 4) is 66.8 Å². The molecule has 76 heavy (non-hydrogen) atoms. The van der Waals surface area contributed by atoms with Gasteiger partial charge in [0, 0.05) is 55.5 Å². The smallest absolute Gasteiger partial charge is 0.0708 e. The second kappa shape index (κ2) is 15.6. The number of benzene rings is 12. The van der Waals surface area contributed by atoms with E-state index >= 15 is 0 Å². The van der Waals surface area contributed by atoms with Gasteiger partial charge in [0.2, 0.25) is 0 Å². The molecule has 0 saturated heterocycles. The van der Waals surface area contributed by atoms with E-state index in [1.807, 2.05) is 0 Å². The number of aromatic nitrogens is 2. The van der Waals surface area contributed by atoms with E-state index in [0.29, 0.717) is 0 Å². The lowest BCUT2D eigenvalue weighted by molar-refractivity contribution is 0.660. The molecule has 0 aliphatic heterocycles. The zero-order valence-corrected chi connectivity index (χ0v) is 42.8. The number of rotatable bonds is 4. The van der Waals surface area contributed by atoms with Gasteiger partial charge in [-0.05, 0) is 146 Å². The van der Waals surface area contributed by atoms with E-state index in [4.69, 9.17) is 9.97 Å². The van der Waals surface area contributed by atoms with Crippen LogP contribution in [0.3, 0.4) is 0 Å². The summed E-state index contributed by atoms with van der Waals surface area (Å²) in [5.41, 5.74) is 22.2. The predicted molar refractivity (Wildman–Crippen MR) is 321 cm³/mol. The van der Waals surface area contributed by atoms with Gasteiger partial charge in [0.1, 0.15) is 0 Å². The summed E-state index contributed by atoms with van der Waals surface area (Å²) in [6.07, 6.45) is 4.29. The van der Waals surface area contributed by atoms with Gasteiger partial charge in [0.25, 0.3) is 0 Å². The van der Waals surface area contributed by atoms with Gasteiger partial charge in [0.15, 0.2) is 0 Å². The molecule has 16 rings (SSSR count). The molecule has 2 heterocycles. The van der Waals surface area contributed by atoms with Crippen molar-refractivity contribution in [2.45, 2.75) is 38.5 Å². The molecular formula is C74H50N2. The number of pyridine rings is 2. The molecule has 356 valence electrons. The first-order valence-corrected chi connectivity index (χ1v) is 26.7. The van der Waals surface area contributed by atoms with Gasteiger partial charge in [-0.3, -0.25) is 9.97 Å². The predicted octanol–water partition coefficient (Wildman–Crippen LogP) is 19.8. The Balaban J connectivity index is 0.967. The lowest BCUT2D eigenvalue weighted by atomic mass is 9.79. The maximum absolute atomic E-state index is 5.25. The SMILES string of the molecule is CC1(C)c2ccccc2-c2ccc(-c3c4ccccc4c(-c4ccc(-c5c6ccccc6c(-c6ccc7c(c6)C(C)(C)c6ccccc6-7)c6c5cnc5ccccc56)c5ccccc45)c4cnc5ccccc5c34)cc21. The van der Waals surface area contributed by atoms with Crippen molar-refractivity contribution in [3.63, 3.8) is 0 Å². The minimum atomic E-state index is -0.135. The molecule has 0 unspecified atom stereocenters. The Morgan fingerprint density at radius 3 is 0.987 bits per heavy atom. The summed E-state index contributed by atoms with van der Waals surface area (Å²) in [4.78, 5) is 10.5. The van der Waals surface area contributed by atoms with Crippen LogP contribution in [0.1, 0.15) is 49.9 Å². The Labute approximate surface area is 441 Å². The second-order valence-corrected chi connectivity index (χ2v) is 22.3. The van der Waals surface area contributed by atoms with Crippen molar-refractivity contribution in [1.29, 1.82) is 0 Å². The minimum Gasteiger partial charge on any atom is -0.256 e. The topological polar surface area (TPSA) is 25.8 Å². The molecule has 2 aliphatic carbocycles. The molecule has 0 atom stereocenters. The van der Waals surface area contributed by atoms with Crippen LogP contribution in [0.15, 0.2) is 231 Å². The number of hydrogen-bond donors (Lipinski definition) is 0. The first kappa shape index (κ1) is 43.2. The number of nitrogens with zero attached hydrogens (tertiary/aromatic N) is 2. The van der Waals surface area contributed by atoms with Crippen molar-refractivity contribution >= 4 is 75.7 Å². The molecule has 0 fully saturated rings. The summed E-state index contributed by atoms with van der Waals surface area (Å²) >= 11 is 0. The fourth-order valence-corrected chi connectivity index (χ4v) is 14.2. The van der Waals surface area contributed by atoms with Crippen LogP contribution >= 0.6 is 0 Å². The van der Waals surface area contributed by atoms with Gasteiger partial charge < -0.3 is 0 Å². The van der Waals surface area contributed by atoms with Crippen LogP contribution in [-0.4, -0.2) is 9.97 Å². The first-order valence-electron chi connectivity index (χ1n) is 26.7. The minimum absolute atomic E-state index is 0.135. The number of hydrogen-bond acceptors (Lipinski definition) is 2. The Kier molecular flexibility index (Phi) is 8.89. The Morgan fingerprint density at radius 2 is 0.566 bits per heavy atom. The van der Waals surface area contributed by atoms with E-state index in [1.54, 1.807) is 0 Å². The third kappa shape index (κ3) is 5.82. The van der Waals surface area contributed by atoms with Crippen molar-refractivity contribution in [2.75, 3.05) is 0 Å². The van der Waals surface area contributed by atoms with Gasteiger partial charge in [-0.15, -0.1) is 0 Å². The Hall–Kier alpha value is -9.24. The summed E-state index contributed by atoms with van der Waals surface area (Å²) < 4.78 is 0. The standard InChI is InChI=1S/C74H50N2/c1-73(2)61-29-15-11-21-47(61)49-35-33-43(39-63(49)73)67-51-23-7-9-25-53(51)69(59-41-75-65-31-17-13-27-57(65)71(59)67)55-37-38-56(46-20-6-5-19-45(46)55)70-54-26-10-8-24-52(54)68(72-58-28-14-18-32-66(58)76-42-60(70)72)44-34-36-50-48-22-12-16-30-62(48)74(3,4)64(50)40-44/h5-42H,1-4H3. The summed E-state index contributed by atoms with van der Waals surface area (Å²) in [5, 5.41) is 14.3. The van der Waals surface area contributed by atoms with Crippen molar-refractivity contribution < 1.29 is 0 Å². The molecule has 2 aromatic heterocycles. The van der Waals surface area contributed by atoms with E-state index in [2.05, 4.69) is 258 Å². The van der Waals surface area contributed by atoms with Gasteiger partial charge >= 0.3 is 0 Å².